The Kier molecular flexibility index (Phi) is 14.2. The molecule has 0 aliphatic heterocycles. The van der Waals surface area contributed by atoms with Gasteiger partial charge in [-0.2, -0.15) is 4.90 Å². The van der Waals surface area contributed by atoms with Crippen LogP contribution in [0.1, 0.15) is 62.1 Å². The summed E-state index contributed by atoms with van der Waals surface area (Å²) in [5, 5.41) is 50.8. The molecule has 0 aliphatic rings. The maximum atomic E-state index is 11.1. The van der Waals surface area contributed by atoms with Crippen molar-refractivity contribution in [3.05, 3.63) is 57.6 Å². The molecule has 0 unspecified atom stereocenters. The summed E-state index contributed by atoms with van der Waals surface area (Å²) in [6, 6.07) is 6.84. The second-order valence-electron chi connectivity index (χ2n) is 5.72. The molecule has 174 valence electrons. The maximum absolute atomic E-state index is 11.1. The van der Waals surface area contributed by atoms with E-state index in [9.17, 15) is 44.1 Å². The van der Waals surface area contributed by atoms with E-state index in [4.69, 9.17) is 10.2 Å². The van der Waals surface area contributed by atoms with Gasteiger partial charge in [-0.3, -0.25) is 0 Å². The summed E-state index contributed by atoms with van der Waals surface area (Å²) in [7, 11) is 1.36. The number of aromatic carboxylic acids is 5. The smallest absolute Gasteiger partial charge is 0.778 e. The Hall–Kier alpha value is -2.92. The molecule has 0 aliphatic carbocycles. The number of methoxy groups -OCH3 is 1. The molecular formula is C19H10O12S2Zn2. The van der Waals surface area contributed by atoms with Gasteiger partial charge in [-0.25, -0.2) is 14.4 Å². The minimum atomic E-state index is -2.42. The van der Waals surface area contributed by atoms with E-state index in [0.717, 1.165) is 4.90 Å². The van der Waals surface area contributed by atoms with Gasteiger partial charge in [0.1, 0.15) is 0 Å². The van der Waals surface area contributed by atoms with E-state index in [-0.39, 0.29) is 44.9 Å². The van der Waals surface area contributed by atoms with Crippen molar-refractivity contribution in [3.63, 3.8) is 0 Å². The van der Waals surface area contributed by atoms with Crippen LogP contribution in [-0.4, -0.2) is 53.1 Å². The van der Waals surface area contributed by atoms with Crippen LogP contribution in [0.5, 0.6) is 0 Å². The fraction of sp³-hybridized carbons (Fsp3) is 0.0526. The normalized spacial score (nSPS) is 9.20. The Morgan fingerprint density at radius 3 is 1.34 bits per heavy atom. The molecule has 0 amide bonds. The molecule has 2 N–H and O–H groups in total. The van der Waals surface area contributed by atoms with Gasteiger partial charge < -0.3 is 57.3 Å². The summed E-state index contributed by atoms with van der Waals surface area (Å²) in [4.78, 5) is 65.6. The number of ether oxygens (including phenoxy) is 1. The predicted octanol–water partition coefficient (Wildman–Crippen LogP) is -2.16. The van der Waals surface area contributed by atoms with Gasteiger partial charge >= 0.3 is 56.9 Å². The Balaban J connectivity index is 0. The second kappa shape index (κ2) is 14.5. The molecule has 0 fully saturated rings. The van der Waals surface area contributed by atoms with Gasteiger partial charge in [-0.05, 0) is 35.4 Å². The standard InChI is InChI=1S/C11H6O10S.C8H8O2S.2Zn/c12-7(13)1-2(8(14)15)4(10(18)19)6(22)5(11(20)21)3(1)9(16)17;1-10-8(9)6-2-4-7(11)5-3-6;;/h22H,(H,12,13)(H,14,15)(H,16,17)(H,18,19)(H,20,21);2-5,11H,1H3;;/q;;2*+2/p-4. The Labute approximate surface area is 232 Å². The van der Waals surface area contributed by atoms with Gasteiger partial charge in [0.25, 0.3) is 0 Å². The molecule has 0 heterocycles. The van der Waals surface area contributed by atoms with E-state index in [0.29, 0.717) is 5.56 Å². The first-order chi connectivity index (χ1) is 15.3. The molecule has 0 radical (unpaired) electrons. The van der Waals surface area contributed by atoms with Crippen LogP contribution >= 0.6 is 12.6 Å². The van der Waals surface area contributed by atoms with Gasteiger partial charge in [0.05, 0.1) is 41.7 Å². The quantitative estimate of drug-likeness (QED) is 0.135. The predicted molar refractivity (Wildman–Crippen MR) is 104 cm³/mol. The largest absolute Gasteiger partial charge is 2.00 e. The van der Waals surface area contributed by atoms with Gasteiger partial charge in [0, 0.05) is 10.5 Å². The molecule has 2 rings (SSSR count). The number of thiol groups is 1. The number of carbonyl (C=O) groups excluding carboxylic acids is 4. The molecule has 0 saturated carbocycles. The van der Waals surface area contributed by atoms with E-state index in [2.05, 4.69) is 30.0 Å². The van der Waals surface area contributed by atoms with Crippen LogP contribution in [0.4, 0.5) is 0 Å². The van der Waals surface area contributed by atoms with Crippen molar-refractivity contribution in [1.29, 1.82) is 0 Å². The summed E-state index contributed by atoms with van der Waals surface area (Å²) >= 11 is 8.50. The third kappa shape index (κ3) is 8.07. The molecule has 12 nitrogen and oxygen atoms in total. The van der Waals surface area contributed by atoms with Crippen molar-refractivity contribution in [3.8, 4) is 0 Å². The van der Waals surface area contributed by atoms with Gasteiger partial charge in [0.2, 0.25) is 0 Å². The topological polar surface area (TPSA) is 221 Å². The van der Waals surface area contributed by atoms with Crippen LogP contribution in [0, 0.1) is 0 Å². The first kappa shape index (κ1) is 34.2. The third-order valence-corrected chi connectivity index (χ3v) is 4.49. The molecule has 16 heteroatoms. The molecule has 35 heavy (non-hydrogen) atoms. The average Bonchev–Trinajstić information content (AvgIpc) is 2.72. The number of esters is 1. The van der Waals surface area contributed by atoms with Gasteiger partial charge in [-0.15, -0.1) is 12.6 Å². The minimum Gasteiger partial charge on any atom is -0.778 e. The van der Waals surface area contributed by atoms with Crippen molar-refractivity contribution in [2.75, 3.05) is 7.11 Å². The summed E-state index contributed by atoms with van der Waals surface area (Å²) < 4.78 is 4.51. The Bertz CT molecular complexity index is 1130. The number of hydrogen-bond donors (Lipinski definition) is 3. The van der Waals surface area contributed by atoms with Crippen LogP contribution in [0.15, 0.2) is 34.1 Å². The second-order valence-corrected chi connectivity index (χ2v) is 6.64. The van der Waals surface area contributed by atoms with Crippen LogP contribution < -0.4 is 15.3 Å². The van der Waals surface area contributed by atoms with Crippen LogP contribution in [0.2, 0.25) is 0 Å². The molecule has 0 aromatic heterocycles. The minimum absolute atomic E-state index is 0. The molecule has 2 aromatic carbocycles. The third-order valence-electron chi connectivity index (χ3n) is 3.78. The summed E-state index contributed by atoms with van der Waals surface area (Å²) in [5.74, 6) is -11.7. The number of carboxylic acid groups (broad SMARTS) is 5. The van der Waals surface area contributed by atoms with E-state index >= 15 is 0 Å². The van der Waals surface area contributed by atoms with Crippen molar-refractivity contribution in [1.82, 2.24) is 0 Å². The number of rotatable bonds is 6. The van der Waals surface area contributed by atoms with Crippen molar-refractivity contribution >= 4 is 61.1 Å². The van der Waals surface area contributed by atoms with Gasteiger partial charge in [-0.1, -0.05) is 0 Å². The number of carbonyl (C=O) groups is 6. The first-order valence-corrected chi connectivity index (χ1v) is 9.00. The Morgan fingerprint density at radius 1 is 0.743 bits per heavy atom. The van der Waals surface area contributed by atoms with E-state index in [1.165, 1.54) is 7.11 Å². The molecular weight excluding hydrogens is 615 g/mol. The van der Waals surface area contributed by atoms with E-state index in [1.54, 1.807) is 24.3 Å². The molecule has 0 bridgehead atoms. The summed E-state index contributed by atoms with van der Waals surface area (Å²) in [6.45, 7) is 0. The molecule has 0 saturated heterocycles. The molecule has 0 spiro atoms. The van der Waals surface area contributed by atoms with Crippen molar-refractivity contribution < 1.29 is 98.0 Å². The fourth-order valence-electron chi connectivity index (χ4n) is 2.46. The monoisotopic (exact) mass is 622 g/mol. The van der Waals surface area contributed by atoms with Gasteiger partial charge in [0.15, 0.2) is 0 Å². The average molecular weight is 625 g/mol. The van der Waals surface area contributed by atoms with E-state index in [1.807, 2.05) is 0 Å². The molecule has 0 atom stereocenters. The zero-order chi connectivity index (χ0) is 25.6. The van der Waals surface area contributed by atoms with Crippen molar-refractivity contribution in [2.45, 2.75) is 9.79 Å². The number of carboxylic acids is 5. The SMILES string of the molecule is COC(=O)c1ccc(S)cc1.O=C([O-])c1c([S-])c(C(=O)[O-])c(C(=O)O)c(C(=O)[O-])c1C(=O)O.[Zn+2].[Zn+2]. The number of hydrogen-bond acceptors (Lipinski definition) is 12. The summed E-state index contributed by atoms with van der Waals surface area (Å²) in [5.41, 5.74) is -7.14. The number of benzene rings is 2. The summed E-state index contributed by atoms with van der Waals surface area (Å²) in [6.07, 6.45) is 0. The fourth-order valence-corrected chi connectivity index (χ4v) is 2.98. The Morgan fingerprint density at radius 2 is 1.09 bits per heavy atom. The van der Waals surface area contributed by atoms with Crippen molar-refractivity contribution in [2.24, 2.45) is 0 Å². The first-order valence-electron chi connectivity index (χ1n) is 8.15. The van der Waals surface area contributed by atoms with Crippen LogP contribution in [0.25, 0.3) is 0 Å². The zero-order valence-electron chi connectivity index (χ0n) is 17.6. The zero-order valence-corrected chi connectivity index (χ0v) is 25.2. The molecule has 2 aromatic rings. The van der Waals surface area contributed by atoms with Crippen LogP contribution in [-0.2, 0) is 56.3 Å². The van der Waals surface area contributed by atoms with E-state index < -0.39 is 62.6 Å². The maximum Gasteiger partial charge on any atom is 2.00 e. The van der Waals surface area contributed by atoms with Crippen LogP contribution in [0.3, 0.4) is 0 Å².